The zero-order valence-electron chi connectivity index (χ0n) is 18.1. The highest BCUT2D eigenvalue weighted by molar-refractivity contribution is 6.03. The summed E-state index contributed by atoms with van der Waals surface area (Å²) in [5, 5.41) is 7.19. The Labute approximate surface area is 189 Å². The number of aryl methyl sites for hydroxylation is 1. The zero-order chi connectivity index (χ0) is 21.8. The number of rotatable bonds is 5. The van der Waals surface area contributed by atoms with Crippen LogP contribution in [0.1, 0.15) is 34.7 Å². The molecule has 1 aliphatic rings. The quantitative estimate of drug-likeness (QED) is 0.319. The minimum absolute atomic E-state index is 0.179. The van der Waals surface area contributed by atoms with Gasteiger partial charge in [0.05, 0.1) is 23.1 Å². The fourth-order valence-electron chi connectivity index (χ4n) is 4.05. The third kappa shape index (κ3) is 4.23. The Hall–Kier alpha value is -3.98. The lowest BCUT2D eigenvalue weighted by Gasteiger charge is -2.24. The molecule has 0 spiro atoms. The number of aliphatic imine (C=N–C) groups is 1. The van der Waals surface area contributed by atoms with Crippen LogP contribution in [-0.2, 0) is 0 Å². The molecule has 3 nitrogen and oxygen atoms in total. The van der Waals surface area contributed by atoms with Gasteiger partial charge in [0.2, 0.25) is 0 Å². The van der Waals surface area contributed by atoms with E-state index in [2.05, 4.69) is 102 Å². The van der Waals surface area contributed by atoms with Gasteiger partial charge in [-0.05, 0) is 47.4 Å². The summed E-state index contributed by atoms with van der Waals surface area (Å²) in [5.41, 5.74) is 7.88. The molecule has 32 heavy (non-hydrogen) atoms. The van der Waals surface area contributed by atoms with Crippen molar-refractivity contribution in [2.75, 3.05) is 5.01 Å². The molecule has 1 aliphatic heterocycles. The average Bonchev–Trinajstić information content (AvgIpc) is 3.31. The van der Waals surface area contributed by atoms with Crippen molar-refractivity contribution in [3.05, 3.63) is 131 Å². The number of hydrazone groups is 1. The summed E-state index contributed by atoms with van der Waals surface area (Å²) in [4.78, 5) is 4.65. The smallest absolute Gasteiger partial charge is 0.0831 e. The van der Waals surface area contributed by atoms with Crippen molar-refractivity contribution in [1.82, 2.24) is 0 Å². The minimum Gasteiger partial charge on any atom is -0.257 e. The molecule has 0 aliphatic carbocycles. The SMILES string of the molecule is Cc1ccccc1N=Cc1ccc(N2N=C(c3ccccc3)C[C@@H]2c2ccccc2)cc1. The van der Waals surface area contributed by atoms with Crippen molar-refractivity contribution in [3.8, 4) is 0 Å². The number of para-hydroxylation sites is 1. The predicted molar refractivity (Wildman–Crippen MR) is 134 cm³/mol. The van der Waals surface area contributed by atoms with Crippen molar-refractivity contribution in [1.29, 1.82) is 0 Å². The van der Waals surface area contributed by atoms with Crippen molar-refractivity contribution in [3.63, 3.8) is 0 Å². The van der Waals surface area contributed by atoms with Crippen LogP contribution < -0.4 is 5.01 Å². The Morgan fingerprint density at radius 1 is 0.781 bits per heavy atom. The summed E-state index contributed by atoms with van der Waals surface area (Å²) in [5.74, 6) is 0. The van der Waals surface area contributed by atoms with E-state index in [9.17, 15) is 0 Å². The summed E-state index contributed by atoms with van der Waals surface area (Å²) in [6, 6.07) is 37.9. The third-order valence-corrected chi connectivity index (χ3v) is 5.83. The maximum absolute atomic E-state index is 5.04. The van der Waals surface area contributed by atoms with Crippen LogP contribution in [-0.4, -0.2) is 11.9 Å². The summed E-state index contributed by atoms with van der Waals surface area (Å²) >= 11 is 0. The van der Waals surface area contributed by atoms with Gasteiger partial charge in [-0.3, -0.25) is 10.0 Å². The first-order chi connectivity index (χ1) is 15.8. The first-order valence-electron chi connectivity index (χ1n) is 10.9. The predicted octanol–water partition coefficient (Wildman–Crippen LogP) is 7.10. The van der Waals surface area contributed by atoms with E-state index in [4.69, 9.17) is 5.10 Å². The van der Waals surface area contributed by atoms with Gasteiger partial charge in [-0.15, -0.1) is 0 Å². The highest BCUT2D eigenvalue weighted by Gasteiger charge is 2.29. The Morgan fingerprint density at radius 2 is 1.44 bits per heavy atom. The second-order valence-corrected chi connectivity index (χ2v) is 8.02. The third-order valence-electron chi connectivity index (χ3n) is 5.83. The molecule has 5 rings (SSSR count). The number of hydrogen-bond acceptors (Lipinski definition) is 3. The molecule has 1 heterocycles. The van der Waals surface area contributed by atoms with E-state index in [1.54, 1.807) is 0 Å². The van der Waals surface area contributed by atoms with Crippen LogP contribution in [0, 0.1) is 6.92 Å². The molecule has 0 aromatic heterocycles. The van der Waals surface area contributed by atoms with Crippen LogP contribution in [0.15, 0.2) is 119 Å². The van der Waals surface area contributed by atoms with Crippen LogP contribution >= 0.6 is 0 Å². The Bertz CT molecular complexity index is 1240. The Morgan fingerprint density at radius 3 is 2.16 bits per heavy atom. The van der Waals surface area contributed by atoms with Crippen molar-refractivity contribution in [2.45, 2.75) is 19.4 Å². The first-order valence-corrected chi connectivity index (χ1v) is 10.9. The van der Waals surface area contributed by atoms with Gasteiger partial charge < -0.3 is 0 Å². The van der Waals surface area contributed by atoms with Gasteiger partial charge in [-0.2, -0.15) is 5.10 Å². The van der Waals surface area contributed by atoms with Gasteiger partial charge in [0.15, 0.2) is 0 Å². The molecule has 3 heteroatoms. The van der Waals surface area contributed by atoms with Gasteiger partial charge in [0.1, 0.15) is 0 Å². The molecule has 0 amide bonds. The second kappa shape index (κ2) is 9.03. The molecule has 0 saturated heterocycles. The molecule has 0 unspecified atom stereocenters. The van der Waals surface area contributed by atoms with Gasteiger partial charge in [0, 0.05) is 12.6 Å². The molecule has 4 aromatic rings. The van der Waals surface area contributed by atoms with E-state index < -0.39 is 0 Å². The standard InChI is InChI=1S/C29H25N3/c1-22-10-8-9-15-27(22)30-21-23-16-18-26(19-17-23)32-29(25-13-6-3-7-14-25)20-28(31-32)24-11-4-2-5-12-24/h2-19,21,29H,20H2,1H3/t29-/m1/s1. The molecular weight excluding hydrogens is 390 g/mol. The fraction of sp³-hybridized carbons (Fsp3) is 0.103. The zero-order valence-corrected chi connectivity index (χ0v) is 18.1. The van der Waals surface area contributed by atoms with Crippen molar-refractivity contribution < 1.29 is 0 Å². The maximum atomic E-state index is 5.04. The molecule has 0 N–H and O–H groups in total. The molecule has 0 saturated carbocycles. The molecule has 1 atom stereocenters. The van der Waals surface area contributed by atoms with Crippen LogP contribution in [0.4, 0.5) is 11.4 Å². The lowest BCUT2D eigenvalue weighted by Crippen LogP contribution is -2.18. The number of benzene rings is 4. The Balaban J connectivity index is 1.44. The molecule has 4 aromatic carbocycles. The molecular formula is C29H25N3. The van der Waals surface area contributed by atoms with Gasteiger partial charge in [-0.25, -0.2) is 0 Å². The van der Waals surface area contributed by atoms with Gasteiger partial charge in [0.25, 0.3) is 0 Å². The highest BCUT2D eigenvalue weighted by atomic mass is 15.5. The molecule has 156 valence electrons. The summed E-state index contributed by atoms with van der Waals surface area (Å²) < 4.78 is 0. The lowest BCUT2D eigenvalue weighted by atomic mass is 9.98. The monoisotopic (exact) mass is 415 g/mol. The fourth-order valence-corrected chi connectivity index (χ4v) is 4.05. The van der Waals surface area contributed by atoms with E-state index in [1.165, 1.54) is 16.7 Å². The molecule has 0 fully saturated rings. The number of nitrogens with zero attached hydrogens (tertiary/aromatic N) is 3. The summed E-state index contributed by atoms with van der Waals surface area (Å²) in [7, 11) is 0. The first kappa shape index (κ1) is 20.0. The summed E-state index contributed by atoms with van der Waals surface area (Å²) in [6.45, 7) is 2.08. The van der Waals surface area contributed by atoms with Crippen molar-refractivity contribution in [2.24, 2.45) is 10.1 Å². The van der Waals surface area contributed by atoms with Gasteiger partial charge >= 0.3 is 0 Å². The van der Waals surface area contributed by atoms with Crippen molar-refractivity contribution >= 4 is 23.3 Å². The van der Waals surface area contributed by atoms with E-state index in [1.807, 2.05) is 30.5 Å². The van der Waals surface area contributed by atoms with Gasteiger partial charge in [-0.1, -0.05) is 91.0 Å². The van der Waals surface area contributed by atoms with Crippen LogP contribution in [0.3, 0.4) is 0 Å². The van der Waals surface area contributed by atoms with Crippen LogP contribution in [0.2, 0.25) is 0 Å². The van der Waals surface area contributed by atoms with E-state index in [0.717, 1.165) is 29.1 Å². The normalized spacial score (nSPS) is 15.8. The number of hydrogen-bond donors (Lipinski definition) is 0. The van der Waals surface area contributed by atoms with Crippen LogP contribution in [0.25, 0.3) is 0 Å². The highest BCUT2D eigenvalue weighted by Crippen LogP contribution is 2.36. The Kier molecular flexibility index (Phi) is 5.63. The largest absolute Gasteiger partial charge is 0.257 e. The van der Waals surface area contributed by atoms with E-state index >= 15 is 0 Å². The topological polar surface area (TPSA) is 28.0 Å². The minimum atomic E-state index is 0.179. The molecule has 0 radical (unpaired) electrons. The van der Waals surface area contributed by atoms with Crippen LogP contribution in [0.5, 0.6) is 0 Å². The summed E-state index contributed by atoms with van der Waals surface area (Å²) in [6.07, 6.45) is 2.80. The maximum Gasteiger partial charge on any atom is 0.0831 e. The second-order valence-electron chi connectivity index (χ2n) is 8.02. The average molecular weight is 416 g/mol. The van der Waals surface area contributed by atoms with E-state index in [0.29, 0.717) is 0 Å². The number of anilines is 1. The van der Waals surface area contributed by atoms with E-state index in [-0.39, 0.29) is 6.04 Å². The molecule has 0 bridgehead atoms. The lowest BCUT2D eigenvalue weighted by molar-refractivity contribution is 0.709.